The Balaban J connectivity index is 0.00000102. The third-order valence-electron chi connectivity index (χ3n) is 8.64. The maximum atomic E-state index is 13.5. The van der Waals surface area contributed by atoms with E-state index in [2.05, 4.69) is 15.5 Å². The van der Waals surface area contributed by atoms with Crippen molar-refractivity contribution >= 4 is 21.9 Å². The van der Waals surface area contributed by atoms with Crippen LogP contribution in [-0.4, -0.2) is 83.0 Å². The van der Waals surface area contributed by atoms with Gasteiger partial charge in [-0.1, -0.05) is 55.7 Å². The largest absolute Gasteiger partial charge is 0.508 e. The molecule has 0 unspecified atom stereocenters. The van der Waals surface area contributed by atoms with Crippen molar-refractivity contribution in [1.29, 1.82) is 0 Å². The van der Waals surface area contributed by atoms with Gasteiger partial charge in [0, 0.05) is 29.8 Å². The van der Waals surface area contributed by atoms with Gasteiger partial charge in [0.15, 0.2) is 0 Å². The number of aliphatic hydroxyl groups excluding tert-OH is 1. The lowest BCUT2D eigenvalue weighted by Gasteiger charge is -2.47. The lowest BCUT2D eigenvalue weighted by atomic mass is 9.72. The molecule has 0 spiro atoms. The second-order valence-corrected chi connectivity index (χ2v) is 15.1. The molecule has 1 aliphatic heterocycles. The number of benzene rings is 2. The first kappa shape index (κ1) is 36.5. The monoisotopic (exact) mass is 645 g/mol. The Bertz CT molecular complexity index is 1370. The summed E-state index contributed by atoms with van der Waals surface area (Å²) in [5.41, 5.74) is 1.70. The van der Waals surface area contributed by atoms with Gasteiger partial charge in [-0.2, -0.15) is 8.42 Å². The summed E-state index contributed by atoms with van der Waals surface area (Å²) in [6.07, 6.45) is 6.67. The molecular weight excluding hydrogens is 594 g/mol. The summed E-state index contributed by atoms with van der Waals surface area (Å²) in [7, 11) is -3.67. The van der Waals surface area contributed by atoms with Gasteiger partial charge in [-0.3, -0.25) is 19.0 Å². The molecule has 2 aromatic carbocycles. The number of phenols is 1. The fourth-order valence-electron chi connectivity index (χ4n) is 6.44. The number of piperidine rings is 1. The minimum atomic E-state index is -3.67. The normalized spacial score (nSPS) is 21.8. The topological polar surface area (TPSA) is 156 Å². The van der Waals surface area contributed by atoms with Crippen LogP contribution < -0.4 is 10.6 Å². The van der Waals surface area contributed by atoms with Gasteiger partial charge in [-0.25, -0.2) is 0 Å². The predicted octanol–water partition coefficient (Wildman–Crippen LogP) is 4.09. The summed E-state index contributed by atoms with van der Waals surface area (Å²) < 4.78 is 25.9. The van der Waals surface area contributed by atoms with E-state index in [9.17, 15) is 28.2 Å². The van der Waals surface area contributed by atoms with Gasteiger partial charge in [-0.05, 0) is 82.9 Å². The highest BCUT2D eigenvalue weighted by Gasteiger charge is 2.41. The van der Waals surface area contributed by atoms with Crippen LogP contribution >= 0.6 is 0 Å². The number of β-amino-alcohol motifs (C(OH)–C–C–N with tert-alkyl or cyclic N) is 1. The first-order valence-electron chi connectivity index (χ1n) is 15.8. The number of aryl methyl sites for hydroxylation is 1. The number of likely N-dealkylation sites (tertiary alicyclic amines) is 1. The van der Waals surface area contributed by atoms with Crippen molar-refractivity contribution in [2.45, 2.75) is 96.4 Å². The lowest BCUT2D eigenvalue weighted by Crippen LogP contribution is -2.60. The zero-order valence-electron chi connectivity index (χ0n) is 27.2. The molecule has 5 N–H and O–H groups in total. The molecule has 1 heterocycles. The average molecular weight is 646 g/mol. The van der Waals surface area contributed by atoms with Crippen LogP contribution in [0, 0.1) is 18.8 Å². The zero-order valence-corrected chi connectivity index (χ0v) is 28.0. The van der Waals surface area contributed by atoms with Crippen LogP contribution in [0.4, 0.5) is 0 Å². The van der Waals surface area contributed by atoms with Gasteiger partial charge in [0.05, 0.1) is 24.4 Å². The molecular formula is C34H51N3O7S. The van der Waals surface area contributed by atoms with Gasteiger partial charge < -0.3 is 20.8 Å². The molecule has 4 rings (SSSR count). The molecule has 0 bridgehead atoms. The Morgan fingerprint density at radius 2 is 1.64 bits per heavy atom. The standard InChI is InChI=1S/C33H47N3O4.CH4O3S/c1-22-26(15-10-16-29(22)37)31(39)34-27(18-17-23-11-6-5-7-12-23)30(38)21-36-20-25-14-9-8-13-24(25)19-28(36)32(40)35-33(2,3)4;1-5(2,3)4/h5-7,10-12,15-16,24-25,27-28,30,37-38H,8-9,13-14,17-21H2,1-4H3,(H,34,39)(H,35,40);1H3,(H,2,3,4)/t24-,25+,27-,28-,30+;/m0./s1. The molecule has 2 fully saturated rings. The van der Waals surface area contributed by atoms with Crippen molar-refractivity contribution in [1.82, 2.24) is 15.5 Å². The molecule has 1 saturated heterocycles. The van der Waals surface area contributed by atoms with Crippen LogP contribution in [0.1, 0.15) is 80.8 Å². The number of nitrogens with zero attached hydrogens (tertiary/aromatic N) is 1. The molecule has 2 aromatic rings. The SMILES string of the molecule is CS(=O)(=O)O.Cc1c(O)cccc1C(=O)N[C@@H](CCc1ccccc1)[C@H](O)CN1C[C@H]2CCCC[C@H]2C[C@H]1C(=O)NC(C)(C)C. The summed E-state index contributed by atoms with van der Waals surface area (Å²) in [6.45, 7) is 8.80. The molecule has 0 aromatic heterocycles. The van der Waals surface area contributed by atoms with Crippen LogP contribution in [0.15, 0.2) is 48.5 Å². The number of hydrogen-bond acceptors (Lipinski definition) is 7. The highest BCUT2D eigenvalue weighted by molar-refractivity contribution is 7.85. The maximum Gasteiger partial charge on any atom is 0.261 e. The van der Waals surface area contributed by atoms with Gasteiger partial charge in [-0.15, -0.1) is 0 Å². The van der Waals surface area contributed by atoms with E-state index in [1.165, 1.54) is 19.3 Å². The van der Waals surface area contributed by atoms with Gasteiger partial charge in [0.25, 0.3) is 16.0 Å². The van der Waals surface area contributed by atoms with Crippen molar-refractivity contribution in [2.24, 2.45) is 11.8 Å². The Hall–Kier alpha value is -2.99. The molecule has 2 amide bonds. The van der Waals surface area contributed by atoms with E-state index >= 15 is 0 Å². The molecule has 10 nitrogen and oxygen atoms in total. The number of carbonyl (C=O) groups excluding carboxylic acids is 2. The van der Waals surface area contributed by atoms with Crippen LogP contribution in [0.25, 0.3) is 0 Å². The average Bonchev–Trinajstić information content (AvgIpc) is 2.95. The highest BCUT2D eigenvalue weighted by atomic mass is 32.2. The number of hydrogen-bond donors (Lipinski definition) is 5. The third-order valence-corrected chi connectivity index (χ3v) is 8.64. The predicted molar refractivity (Wildman–Crippen MR) is 176 cm³/mol. The number of amides is 2. The van der Waals surface area contributed by atoms with E-state index in [0.29, 0.717) is 48.6 Å². The molecule has 0 radical (unpaired) electrons. The van der Waals surface area contributed by atoms with E-state index in [1.54, 1.807) is 25.1 Å². The Morgan fingerprint density at radius 1 is 1.02 bits per heavy atom. The van der Waals surface area contributed by atoms with Gasteiger partial charge >= 0.3 is 0 Å². The van der Waals surface area contributed by atoms with E-state index in [1.807, 2.05) is 51.1 Å². The highest BCUT2D eigenvalue weighted by Crippen LogP contribution is 2.39. The summed E-state index contributed by atoms with van der Waals surface area (Å²) in [5.74, 6) is 0.840. The molecule has 250 valence electrons. The van der Waals surface area contributed by atoms with E-state index in [0.717, 1.165) is 24.9 Å². The van der Waals surface area contributed by atoms with Crippen LogP contribution in [-0.2, 0) is 21.3 Å². The number of nitrogens with one attached hydrogen (secondary N) is 2. The number of aliphatic hydroxyl groups is 1. The summed E-state index contributed by atoms with van der Waals surface area (Å²) in [4.78, 5) is 29.0. The molecule has 45 heavy (non-hydrogen) atoms. The van der Waals surface area contributed by atoms with Crippen molar-refractivity contribution in [2.75, 3.05) is 19.3 Å². The Labute approximate surface area is 268 Å². The van der Waals surface area contributed by atoms with E-state index < -0.39 is 22.3 Å². The maximum absolute atomic E-state index is 13.5. The van der Waals surface area contributed by atoms with Crippen molar-refractivity contribution in [3.8, 4) is 5.75 Å². The number of rotatable bonds is 9. The summed E-state index contributed by atoms with van der Waals surface area (Å²) >= 11 is 0. The fourth-order valence-corrected chi connectivity index (χ4v) is 6.44. The first-order chi connectivity index (χ1) is 21.0. The van der Waals surface area contributed by atoms with Crippen LogP contribution in [0.2, 0.25) is 0 Å². The number of aromatic hydroxyl groups is 1. The zero-order chi connectivity index (χ0) is 33.4. The minimum absolute atomic E-state index is 0.0176. The number of fused-ring (bicyclic) bond motifs is 1. The van der Waals surface area contributed by atoms with Crippen molar-refractivity contribution in [3.63, 3.8) is 0 Å². The fraction of sp³-hybridized carbons (Fsp3) is 0.588. The molecule has 1 saturated carbocycles. The van der Waals surface area contributed by atoms with Gasteiger partial charge in [0.1, 0.15) is 5.75 Å². The summed E-state index contributed by atoms with van der Waals surface area (Å²) in [6, 6.07) is 14.1. The minimum Gasteiger partial charge on any atom is -0.508 e. The quantitative estimate of drug-likeness (QED) is 0.255. The van der Waals surface area contributed by atoms with Gasteiger partial charge in [0.2, 0.25) is 5.91 Å². The Kier molecular flexibility index (Phi) is 13.0. The molecule has 5 atom stereocenters. The first-order valence-corrected chi connectivity index (χ1v) is 17.7. The molecule has 11 heteroatoms. The second-order valence-electron chi connectivity index (χ2n) is 13.6. The number of phenolic OH excluding ortho intramolecular Hbond substituents is 1. The molecule has 2 aliphatic rings. The van der Waals surface area contributed by atoms with Crippen molar-refractivity contribution in [3.05, 3.63) is 65.2 Å². The third kappa shape index (κ3) is 12.0. The summed E-state index contributed by atoms with van der Waals surface area (Å²) in [5, 5.41) is 28.0. The Morgan fingerprint density at radius 3 is 2.27 bits per heavy atom. The molecule has 1 aliphatic carbocycles. The van der Waals surface area contributed by atoms with Crippen LogP contribution in [0.5, 0.6) is 5.75 Å². The second kappa shape index (κ2) is 16.0. The van der Waals surface area contributed by atoms with E-state index in [4.69, 9.17) is 4.55 Å². The van der Waals surface area contributed by atoms with E-state index in [-0.39, 0.29) is 29.1 Å². The number of carbonyl (C=O) groups is 2. The lowest BCUT2D eigenvalue weighted by molar-refractivity contribution is -0.132. The smallest absolute Gasteiger partial charge is 0.261 e. The van der Waals surface area contributed by atoms with Crippen LogP contribution in [0.3, 0.4) is 0 Å². The van der Waals surface area contributed by atoms with Crippen molar-refractivity contribution < 1.29 is 32.8 Å².